The molecule has 9 nitrogen and oxygen atoms in total. The number of carbonyl (C=O) groups is 2. The number of tetrazole rings is 1. The summed E-state index contributed by atoms with van der Waals surface area (Å²) < 4.78 is 0. The summed E-state index contributed by atoms with van der Waals surface area (Å²) in [4.78, 5) is 26.2. The van der Waals surface area contributed by atoms with E-state index in [9.17, 15) is 9.59 Å². The first-order valence-corrected chi connectivity index (χ1v) is 8.25. The van der Waals surface area contributed by atoms with Gasteiger partial charge >= 0.3 is 0 Å². The van der Waals surface area contributed by atoms with Crippen LogP contribution < -0.4 is 10.6 Å². The van der Waals surface area contributed by atoms with Crippen LogP contribution in [0.25, 0.3) is 0 Å². The molecule has 1 aromatic heterocycles. The highest BCUT2D eigenvalue weighted by Gasteiger charge is 2.09. The largest absolute Gasteiger partial charge is 0.351 e. The molecule has 1 aromatic carbocycles. The number of nitrogens with zero attached hydrogens (tertiary/aromatic N) is 4. The maximum Gasteiger partial charge on any atom is 0.251 e. The number of aromatic nitrogens is 4. The van der Waals surface area contributed by atoms with Gasteiger partial charge in [-0.25, -0.2) is 0 Å². The highest BCUT2D eigenvalue weighted by Crippen LogP contribution is 2.10. The summed E-state index contributed by atoms with van der Waals surface area (Å²) in [5, 5.41) is 18.7. The van der Waals surface area contributed by atoms with Crippen LogP contribution in [0, 0.1) is 0 Å². The molecule has 9 heteroatoms. The fourth-order valence-electron chi connectivity index (χ4n) is 2.28. The third-order valence-electron chi connectivity index (χ3n) is 3.75. The average Bonchev–Trinajstić information content (AvgIpc) is 3.12. The minimum absolute atomic E-state index is 0.0318. The molecule has 134 valence electrons. The SMILES string of the molecule is CCN(CC)CCNC(=O)c1ccc(NC(=O)Cc2nn[nH]n2)cc1. The number of hydrogen-bond donors (Lipinski definition) is 3. The number of aromatic amines is 1. The Labute approximate surface area is 146 Å². The van der Waals surface area contributed by atoms with E-state index in [1.165, 1.54) is 0 Å². The van der Waals surface area contributed by atoms with E-state index in [1.807, 2.05) is 0 Å². The molecule has 2 amide bonds. The zero-order valence-corrected chi connectivity index (χ0v) is 14.5. The maximum atomic E-state index is 12.1. The fourth-order valence-corrected chi connectivity index (χ4v) is 2.28. The van der Waals surface area contributed by atoms with Gasteiger partial charge in [-0.05, 0) is 37.4 Å². The van der Waals surface area contributed by atoms with Gasteiger partial charge in [0.25, 0.3) is 5.91 Å². The molecular weight excluding hydrogens is 322 g/mol. The second-order valence-corrected chi connectivity index (χ2v) is 5.41. The molecule has 1 heterocycles. The predicted octanol–water partition coefficient (Wildman–Crippen LogP) is 0.453. The number of nitrogens with one attached hydrogen (secondary N) is 3. The Morgan fingerprint density at radius 2 is 1.88 bits per heavy atom. The third kappa shape index (κ3) is 5.96. The molecule has 0 saturated carbocycles. The number of amides is 2. The van der Waals surface area contributed by atoms with Crippen molar-refractivity contribution in [2.24, 2.45) is 0 Å². The third-order valence-corrected chi connectivity index (χ3v) is 3.75. The summed E-state index contributed by atoms with van der Waals surface area (Å²) in [6.07, 6.45) is 0.0318. The molecule has 0 bridgehead atoms. The number of benzene rings is 1. The highest BCUT2D eigenvalue weighted by atomic mass is 16.2. The van der Waals surface area contributed by atoms with Gasteiger partial charge < -0.3 is 15.5 Å². The second kappa shape index (κ2) is 9.48. The monoisotopic (exact) mass is 345 g/mol. The van der Waals surface area contributed by atoms with E-state index in [1.54, 1.807) is 24.3 Å². The van der Waals surface area contributed by atoms with Crippen molar-refractivity contribution in [3.05, 3.63) is 35.7 Å². The zero-order chi connectivity index (χ0) is 18.1. The molecule has 2 aromatic rings. The van der Waals surface area contributed by atoms with Crippen molar-refractivity contribution in [1.29, 1.82) is 0 Å². The molecule has 0 atom stereocenters. The van der Waals surface area contributed by atoms with Gasteiger partial charge in [0.15, 0.2) is 5.82 Å². The summed E-state index contributed by atoms with van der Waals surface area (Å²) >= 11 is 0. The van der Waals surface area contributed by atoms with Crippen LogP contribution in [0.3, 0.4) is 0 Å². The number of hydrogen-bond acceptors (Lipinski definition) is 6. The molecule has 0 unspecified atom stereocenters. The van der Waals surface area contributed by atoms with Crippen LogP contribution >= 0.6 is 0 Å². The lowest BCUT2D eigenvalue weighted by Gasteiger charge is -2.17. The zero-order valence-electron chi connectivity index (χ0n) is 14.5. The van der Waals surface area contributed by atoms with Gasteiger partial charge in [0.1, 0.15) is 0 Å². The number of carbonyl (C=O) groups excluding carboxylic acids is 2. The lowest BCUT2D eigenvalue weighted by molar-refractivity contribution is -0.115. The van der Waals surface area contributed by atoms with Crippen molar-refractivity contribution in [2.75, 3.05) is 31.5 Å². The minimum atomic E-state index is -0.252. The summed E-state index contributed by atoms with van der Waals surface area (Å²) in [6.45, 7) is 7.54. The first kappa shape index (κ1) is 18.5. The minimum Gasteiger partial charge on any atom is -0.351 e. The summed E-state index contributed by atoms with van der Waals surface area (Å²) in [5.74, 6) is -0.0589. The van der Waals surface area contributed by atoms with E-state index < -0.39 is 0 Å². The Kier molecular flexibility index (Phi) is 7.02. The lowest BCUT2D eigenvalue weighted by Crippen LogP contribution is -2.34. The molecule has 0 spiro atoms. The molecule has 0 aliphatic heterocycles. The first-order valence-electron chi connectivity index (χ1n) is 8.25. The van der Waals surface area contributed by atoms with Crippen LogP contribution in [-0.2, 0) is 11.2 Å². The van der Waals surface area contributed by atoms with E-state index in [2.05, 4.69) is 50.0 Å². The molecule has 0 radical (unpaired) electrons. The van der Waals surface area contributed by atoms with Crippen LogP contribution in [0.15, 0.2) is 24.3 Å². The van der Waals surface area contributed by atoms with Crippen LogP contribution in [0.4, 0.5) is 5.69 Å². The van der Waals surface area contributed by atoms with Crippen molar-refractivity contribution in [3.8, 4) is 0 Å². The molecule has 0 fully saturated rings. The maximum absolute atomic E-state index is 12.1. The Bertz CT molecular complexity index is 666. The lowest BCUT2D eigenvalue weighted by atomic mass is 10.2. The molecule has 0 aliphatic rings. The fraction of sp³-hybridized carbons (Fsp3) is 0.438. The molecular formula is C16H23N7O2. The molecule has 0 saturated heterocycles. The van der Waals surface area contributed by atoms with Gasteiger partial charge in [0, 0.05) is 24.3 Å². The standard InChI is InChI=1S/C16H23N7O2/c1-3-23(4-2)10-9-17-16(25)12-5-7-13(8-6-12)18-15(24)11-14-19-21-22-20-14/h5-8H,3-4,9-11H2,1-2H3,(H,17,25)(H,18,24)(H,19,20,21,22). The second-order valence-electron chi connectivity index (χ2n) is 5.41. The normalized spacial score (nSPS) is 10.7. The number of likely N-dealkylation sites (N-methyl/N-ethyl adjacent to an activating group) is 1. The number of H-pyrrole nitrogens is 1. The first-order chi connectivity index (χ1) is 12.1. The molecule has 3 N–H and O–H groups in total. The smallest absolute Gasteiger partial charge is 0.251 e. The van der Waals surface area contributed by atoms with E-state index in [0.717, 1.165) is 19.6 Å². The van der Waals surface area contributed by atoms with Gasteiger partial charge in [-0.3, -0.25) is 9.59 Å². The Morgan fingerprint density at radius 3 is 2.48 bits per heavy atom. The van der Waals surface area contributed by atoms with Crippen LogP contribution in [-0.4, -0.2) is 63.5 Å². The topological polar surface area (TPSA) is 116 Å². The van der Waals surface area contributed by atoms with E-state index in [-0.39, 0.29) is 18.2 Å². The van der Waals surface area contributed by atoms with Gasteiger partial charge in [-0.2, -0.15) is 5.21 Å². The van der Waals surface area contributed by atoms with Gasteiger partial charge in [0.05, 0.1) is 6.42 Å². The van der Waals surface area contributed by atoms with Crippen LogP contribution in [0.1, 0.15) is 30.0 Å². The summed E-state index contributed by atoms with van der Waals surface area (Å²) in [7, 11) is 0. The van der Waals surface area contributed by atoms with E-state index in [0.29, 0.717) is 23.6 Å². The molecule has 2 rings (SSSR count). The van der Waals surface area contributed by atoms with Gasteiger partial charge in [-0.1, -0.05) is 19.1 Å². The van der Waals surface area contributed by atoms with E-state index in [4.69, 9.17) is 0 Å². The Balaban J connectivity index is 1.80. The van der Waals surface area contributed by atoms with Gasteiger partial charge in [-0.15, -0.1) is 10.2 Å². The Morgan fingerprint density at radius 1 is 1.16 bits per heavy atom. The van der Waals surface area contributed by atoms with Crippen molar-refractivity contribution in [2.45, 2.75) is 20.3 Å². The number of anilines is 1. The van der Waals surface area contributed by atoms with Crippen molar-refractivity contribution in [1.82, 2.24) is 30.8 Å². The average molecular weight is 345 g/mol. The van der Waals surface area contributed by atoms with Crippen molar-refractivity contribution < 1.29 is 9.59 Å². The summed E-state index contributed by atoms with van der Waals surface area (Å²) in [5.41, 5.74) is 1.16. The van der Waals surface area contributed by atoms with Crippen LogP contribution in [0.2, 0.25) is 0 Å². The number of rotatable bonds is 9. The highest BCUT2D eigenvalue weighted by molar-refractivity contribution is 5.96. The van der Waals surface area contributed by atoms with E-state index >= 15 is 0 Å². The Hall–Kier alpha value is -2.81. The quantitative estimate of drug-likeness (QED) is 0.608. The molecule has 25 heavy (non-hydrogen) atoms. The van der Waals surface area contributed by atoms with Gasteiger partial charge in [0.2, 0.25) is 5.91 Å². The van der Waals surface area contributed by atoms with Crippen LogP contribution in [0.5, 0.6) is 0 Å². The summed E-state index contributed by atoms with van der Waals surface area (Å²) in [6, 6.07) is 6.73. The van der Waals surface area contributed by atoms with Crippen molar-refractivity contribution in [3.63, 3.8) is 0 Å². The molecule has 0 aliphatic carbocycles. The van der Waals surface area contributed by atoms with Crippen molar-refractivity contribution >= 4 is 17.5 Å². The predicted molar refractivity (Wildman–Crippen MR) is 93.1 cm³/mol.